The molecule has 0 atom stereocenters. The topological polar surface area (TPSA) is 37.4 Å². The lowest BCUT2D eigenvalue weighted by Gasteiger charge is -2.20. The standard InChI is InChI=1S/C13H18BrF2NO2S/c1-2-7-17(10-13(15)16)8-9-20(18,19)12-5-3-11(14)4-6-12/h3-6,13H,2,7-10H2,1H3. The van der Waals surface area contributed by atoms with Crippen LogP contribution in [0.15, 0.2) is 33.6 Å². The number of hydrogen-bond donors (Lipinski definition) is 0. The van der Waals surface area contributed by atoms with E-state index in [1.165, 1.54) is 17.0 Å². The Balaban J connectivity index is 2.67. The molecule has 0 unspecified atom stereocenters. The summed E-state index contributed by atoms with van der Waals surface area (Å²) in [4.78, 5) is 1.70. The van der Waals surface area contributed by atoms with Crippen molar-refractivity contribution in [2.24, 2.45) is 0 Å². The van der Waals surface area contributed by atoms with Gasteiger partial charge in [0.05, 0.1) is 17.2 Å². The second-order valence-electron chi connectivity index (χ2n) is 4.46. The summed E-state index contributed by atoms with van der Waals surface area (Å²) in [5.74, 6) is -0.151. The van der Waals surface area contributed by atoms with E-state index in [-0.39, 0.29) is 23.7 Å². The van der Waals surface area contributed by atoms with E-state index in [1.54, 1.807) is 12.1 Å². The SMILES string of the molecule is CCCN(CCS(=O)(=O)c1ccc(Br)cc1)CC(F)F. The minimum absolute atomic E-state index is 0.122. The molecule has 3 nitrogen and oxygen atoms in total. The molecule has 114 valence electrons. The van der Waals surface area contributed by atoms with Crippen molar-refractivity contribution in [1.29, 1.82) is 0 Å². The van der Waals surface area contributed by atoms with Crippen LogP contribution in [0.5, 0.6) is 0 Å². The summed E-state index contributed by atoms with van der Waals surface area (Å²) in [7, 11) is -3.43. The van der Waals surface area contributed by atoms with Crippen molar-refractivity contribution in [1.82, 2.24) is 4.90 Å². The molecular formula is C13H18BrF2NO2S. The van der Waals surface area contributed by atoms with E-state index in [2.05, 4.69) is 15.9 Å². The van der Waals surface area contributed by atoms with E-state index in [9.17, 15) is 17.2 Å². The van der Waals surface area contributed by atoms with Gasteiger partial charge in [-0.2, -0.15) is 0 Å². The Labute approximate surface area is 127 Å². The molecule has 0 radical (unpaired) electrons. The molecule has 0 bridgehead atoms. The Morgan fingerprint density at radius 2 is 1.80 bits per heavy atom. The molecule has 0 aliphatic carbocycles. The van der Waals surface area contributed by atoms with E-state index in [1.807, 2.05) is 6.92 Å². The molecule has 7 heteroatoms. The van der Waals surface area contributed by atoms with E-state index >= 15 is 0 Å². The lowest BCUT2D eigenvalue weighted by atomic mass is 10.4. The molecule has 1 rings (SSSR count). The predicted octanol–water partition coefficient (Wildman–Crippen LogP) is 3.20. The third-order valence-corrected chi connectivity index (χ3v) is 5.02. The molecule has 0 fully saturated rings. The van der Waals surface area contributed by atoms with Gasteiger partial charge >= 0.3 is 0 Å². The molecular weight excluding hydrogens is 352 g/mol. The maximum absolute atomic E-state index is 12.4. The summed E-state index contributed by atoms with van der Waals surface area (Å²) in [5.41, 5.74) is 0. The number of sulfone groups is 1. The number of benzene rings is 1. The van der Waals surface area contributed by atoms with Crippen molar-refractivity contribution < 1.29 is 17.2 Å². The number of nitrogens with zero attached hydrogens (tertiary/aromatic N) is 1. The lowest BCUT2D eigenvalue weighted by molar-refractivity contribution is 0.0911. The Hall–Kier alpha value is -0.530. The molecule has 1 aromatic carbocycles. The number of alkyl halides is 2. The van der Waals surface area contributed by atoms with Gasteiger partial charge in [0.25, 0.3) is 6.43 Å². The van der Waals surface area contributed by atoms with Gasteiger partial charge in [-0.15, -0.1) is 0 Å². The first kappa shape index (κ1) is 17.5. The molecule has 0 spiro atoms. The number of halogens is 3. The van der Waals surface area contributed by atoms with Gasteiger partial charge in [-0.25, -0.2) is 17.2 Å². The van der Waals surface area contributed by atoms with E-state index in [4.69, 9.17) is 0 Å². The fraction of sp³-hybridized carbons (Fsp3) is 0.538. The molecule has 0 N–H and O–H groups in total. The largest absolute Gasteiger partial charge is 0.297 e. The Kier molecular flexibility index (Phi) is 7.05. The van der Waals surface area contributed by atoms with Crippen molar-refractivity contribution in [2.45, 2.75) is 24.7 Å². The third kappa shape index (κ3) is 5.85. The molecule has 0 aliphatic rings. The van der Waals surface area contributed by atoms with Gasteiger partial charge < -0.3 is 0 Å². The summed E-state index contributed by atoms with van der Waals surface area (Å²) in [6, 6.07) is 6.32. The zero-order valence-corrected chi connectivity index (χ0v) is 13.6. The highest BCUT2D eigenvalue weighted by molar-refractivity contribution is 9.10. The lowest BCUT2D eigenvalue weighted by Crippen LogP contribution is -2.34. The summed E-state index contributed by atoms with van der Waals surface area (Å²) in [6.07, 6.45) is -1.73. The minimum Gasteiger partial charge on any atom is -0.297 e. The Morgan fingerprint density at radius 1 is 1.20 bits per heavy atom. The molecule has 0 amide bonds. The van der Waals surface area contributed by atoms with Crippen LogP contribution in [0.3, 0.4) is 0 Å². The fourth-order valence-corrected chi connectivity index (χ4v) is 3.36. The van der Waals surface area contributed by atoms with Crippen LogP contribution in [0, 0.1) is 0 Å². The van der Waals surface area contributed by atoms with Crippen LogP contribution in [0.4, 0.5) is 8.78 Å². The summed E-state index contributed by atoms with van der Waals surface area (Å²) < 4.78 is 49.8. The number of hydrogen-bond acceptors (Lipinski definition) is 3. The van der Waals surface area contributed by atoms with Crippen LogP contribution >= 0.6 is 15.9 Å². The highest BCUT2D eigenvalue weighted by Crippen LogP contribution is 2.16. The Morgan fingerprint density at radius 3 is 2.30 bits per heavy atom. The summed E-state index contributed by atoms with van der Waals surface area (Å²) in [5, 5.41) is 0. The second kappa shape index (κ2) is 8.05. The summed E-state index contributed by atoms with van der Waals surface area (Å²) >= 11 is 3.24. The molecule has 1 aromatic rings. The van der Waals surface area contributed by atoms with Gasteiger partial charge in [-0.1, -0.05) is 22.9 Å². The molecule has 0 saturated carbocycles. The van der Waals surface area contributed by atoms with Gasteiger partial charge in [0.15, 0.2) is 9.84 Å². The molecule has 20 heavy (non-hydrogen) atoms. The van der Waals surface area contributed by atoms with Crippen LogP contribution in [0.2, 0.25) is 0 Å². The first-order chi connectivity index (χ1) is 9.35. The van der Waals surface area contributed by atoms with Crippen molar-refractivity contribution >= 4 is 25.8 Å². The van der Waals surface area contributed by atoms with Crippen LogP contribution in [-0.4, -0.2) is 45.1 Å². The molecule has 0 saturated heterocycles. The van der Waals surface area contributed by atoms with Gasteiger partial charge in [0.2, 0.25) is 0 Å². The van der Waals surface area contributed by atoms with Crippen molar-refractivity contribution in [3.8, 4) is 0 Å². The Bertz CT molecular complexity index is 506. The van der Waals surface area contributed by atoms with E-state index in [0.717, 1.165) is 4.47 Å². The van der Waals surface area contributed by atoms with E-state index in [0.29, 0.717) is 13.0 Å². The second-order valence-corrected chi connectivity index (χ2v) is 7.49. The first-order valence-corrected chi connectivity index (χ1v) is 8.78. The van der Waals surface area contributed by atoms with Gasteiger partial charge in [0.1, 0.15) is 0 Å². The molecule has 0 heterocycles. The molecule has 0 aromatic heterocycles. The summed E-state index contributed by atoms with van der Waals surface area (Å²) in [6.45, 7) is 2.09. The maximum Gasteiger partial charge on any atom is 0.251 e. The highest BCUT2D eigenvalue weighted by Gasteiger charge is 2.18. The quantitative estimate of drug-likeness (QED) is 0.705. The van der Waals surface area contributed by atoms with Crippen LogP contribution in [0.25, 0.3) is 0 Å². The van der Waals surface area contributed by atoms with Crippen molar-refractivity contribution in [3.05, 3.63) is 28.7 Å². The van der Waals surface area contributed by atoms with Crippen LogP contribution < -0.4 is 0 Å². The predicted molar refractivity (Wildman–Crippen MR) is 78.9 cm³/mol. The van der Waals surface area contributed by atoms with Crippen molar-refractivity contribution in [3.63, 3.8) is 0 Å². The van der Waals surface area contributed by atoms with Gasteiger partial charge in [-0.3, -0.25) is 4.90 Å². The van der Waals surface area contributed by atoms with Crippen LogP contribution in [-0.2, 0) is 9.84 Å². The van der Waals surface area contributed by atoms with Gasteiger partial charge in [0, 0.05) is 11.0 Å². The smallest absolute Gasteiger partial charge is 0.251 e. The monoisotopic (exact) mass is 369 g/mol. The average molecular weight is 370 g/mol. The zero-order valence-electron chi connectivity index (χ0n) is 11.2. The number of rotatable bonds is 8. The fourth-order valence-electron chi connectivity index (χ4n) is 1.81. The van der Waals surface area contributed by atoms with E-state index < -0.39 is 16.3 Å². The normalized spacial score (nSPS) is 12.3. The van der Waals surface area contributed by atoms with Crippen molar-refractivity contribution in [2.75, 3.05) is 25.4 Å². The minimum atomic E-state index is -3.43. The maximum atomic E-state index is 12.4. The highest BCUT2D eigenvalue weighted by atomic mass is 79.9. The average Bonchev–Trinajstić information content (AvgIpc) is 2.36. The van der Waals surface area contributed by atoms with Crippen LogP contribution in [0.1, 0.15) is 13.3 Å². The molecule has 0 aliphatic heterocycles. The van der Waals surface area contributed by atoms with Gasteiger partial charge in [-0.05, 0) is 37.2 Å². The zero-order chi connectivity index (χ0) is 15.2. The third-order valence-electron chi connectivity index (χ3n) is 2.79. The first-order valence-electron chi connectivity index (χ1n) is 6.34.